The summed E-state index contributed by atoms with van der Waals surface area (Å²) in [6, 6.07) is 11.6. The van der Waals surface area contributed by atoms with Crippen LogP contribution in [0.5, 0.6) is 11.5 Å². The lowest BCUT2D eigenvalue weighted by Crippen LogP contribution is -2.15. The lowest BCUT2D eigenvalue weighted by Gasteiger charge is -2.12. The van der Waals surface area contributed by atoms with Gasteiger partial charge in [0, 0.05) is 29.5 Å². The number of aryl methyl sites for hydroxylation is 1. The number of fused-ring (bicyclic) bond motifs is 1. The zero-order valence-electron chi connectivity index (χ0n) is 15.3. The summed E-state index contributed by atoms with van der Waals surface area (Å²) in [6.07, 6.45) is 0.980. The molecule has 0 unspecified atom stereocenters. The molecule has 2 aromatic carbocycles. The predicted molar refractivity (Wildman–Crippen MR) is 112 cm³/mol. The molecule has 2 heterocycles. The first-order valence-electron chi connectivity index (χ1n) is 8.99. The smallest absolute Gasteiger partial charge is 0.230 e. The molecule has 1 aliphatic rings. The molecular weight excluding hydrogens is 396 g/mol. The first-order valence-corrected chi connectivity index (χ1v) is 10.2. The van der Waals surface area contributed by atoms with Gasteiger partial charge in [0.2, 0.25) is 5.91 Å². The third-order valence-corrected chi connectivity index (χ3v) is 5.56. The van der Waals surface area contributed by atoms with Crippen LogP contribution in [0.1, 0.15) is 17.7 Å². The number of carbonyl (C=O) groups excluding carboxylic acids is 1. The molecule has 1 aromatic heterocycles. The fourth-order valence-corrected chi connectivity index (χ4v) is 3.88. The first kappa shape index (κ1) is 18.8. The van der Waals surface area contributed by atoms with Gasteiger partial charge >= 0.3 is 0 Å². The van der Waals surface area contributed by atoms with Gasteiger partial charge < -0.3 is 14.8 Å². The Bertz CT molecular complexity index is 1000. The van der Waals surface area contributed by atoms with Crippen LogP contribution in [0.25, 0.3) is 10.6 Å². The number of hydrogen-bond donors (Lipinski definition) is 1. The number of aromatic nitrogens is 1. The average molecular weight is 415 g/mol. The number of anilines is 1. The van der Waals surface area contributed by atoms with Gasteiger partial charge in [0.1, 0.15) is 5.01 Å². The van der Waals surface area contributed by atoms with Crippen LogP contribution < -0.4 is 14.8 Å². The van der Waals surface area contributed by atoms with Crippen molar-refractivity contribution >= 4 is 34.5 Å². The highest BCUT2D eigenvalue weighted by Gasteiger charge is 2.16. The van der Waals surface area contributed by atoms with Gasteiger partial charge in [-0.1, -0.05) is 41.4 Å². The molecule has 0 atom stereocenters. The topological polar surface area (TPSA) is 60.5 Å². The Morgan fingerprint density at radius 2 is 1.89 bits per heavy atom. The van der Waals surface area contributed by atoms with E-state index >= 15 is 0 Å². The van der Waals surface area contributed by atoms with Crippen LogP contribution in [-0.2, 0) is 11.2 Å². The number of rotatable bonds is 4. The monoisotopic (exact) mass is 414 g/mol. The summed E-state index contributed by atoms with van der Waals surface area (Å²) in [4.78, 5) is 17.1. The van der Waals surface area contributed by atoms with Crippen LogP contribution in [0.15, 0.2) is 41.8 Å². The minimum Gasteiger partial charge on any atom is -0.490 e. The van der Waals surface area contributed by atoms with Gasteiger partial charge in [0.15, 0.2) is 11.5 Å². The molecule has 0 bridgehead atoms. The van der Waals surface area contributed by atoms with E-state index in [-0.39, 0.29) is 12.3 Å². The second-order valence-electron chi connectivity index (χ2n) is 6.56. The quantitative estimate of drug-likeness (QED) is 0.644. The van der Waals surface area contributed by atoms with Gasteiger partial charge in [-0.05, 0) is 6.92 Å². The van der Waals surface area contributed by atoms with Crippen molar-refractivity contribution < 1.29 is 14.3 Å². The molecule has 1 N–H and O–H groups in total. The SMILES string of the molecule is Cc1ccc(-c2nc(CC(=O)Nc3cc4c(cc3Cl)OCCCO4)cs2)cc1. The Hall–Kier alpha value is -2.57. The molecule has 1 aliphatic heterocycles. The van der Waals surface area contributed by atoms with Gasteiger partial charge in [0.05, 0.1) is 36.0 Å². The average Bonchev–Trinajstić information content (AvgIpc) is 3.01. The van der Waals surface area contributed by atoms with Crippen LogP contribution in [0.4, 0.5) is 5.69 Å². The largest absolute Gasteiger partial charge is 0.490 e. The highest BCUT2D eigenvalue weighted by atomic mass is 35.5. The van der Waals surface area contributed by atoms with Crippen molar-refractivity contribution in [2.24, 2.45) is 0 Å². The van der Waals surface area contributed by atoms with Gasteiger partial charge in [0.25, 0.3) is 0 Å². The molecule has 1 amide bonds. The number of nitrogens with one attached hydrogen (secondary N) is 1. The van der Waals surface area contributed by atoms with E-state index in [9.17, 15) is 4.79 Å². The fourth-order valence-electron chi connectivity index (χ4n) is 2.86. The number of benzene rings is 2. The lowest BCUT2D eigenvalue weighted by molar-refractivity contribution is -0.115. The minimum absolute atomic E-state index is 0.174. The molecule has 5 nitrogen and oxygen atoms in total. The normalized spacial score (nSPS) is 13.1. The van der Waals surface area contributed by atoms with E-state index in [0.29, 0.717) is 35.4 Å². The lowest BCUT2D eigenvalue weighted by atomic mass is 10.2. The molecule has 0 saturated heterocycles. The standard InChI is InChI=1S/C21H19ClN2O3S/c1-13-3-5-14(6-4-13)21-23-15(12-28-21)9-20(25)24-17-11-19-18(10-16(17)22)26-7-2-8-27-19/h3-6,10-12H,2,7-9H2,1H3,(H,24,25). The maximum absolute atomic E-state index is 12.5. The zero-order chi connectivity index (χ0) is 19.5. The van der Waals surface area contributed by atoms with Gasteiger partial charge in [-0.25, -0.2) is 4.98 Å². The van der Waals surface area contributed by atoms with Crippen molar-refractivity contribution in [1.29, 1.82) is 0 Å². The molecule has 0 spiro atoms. The van der Waals surface area contributed by atoms with E-state index in [1.807, 2.05) is 24.4 Å². The molecule has 0 saturated carbocycles. The minimum atomic E-state index is -0.183. The van der Waals surface area contributed by atoms with Crippen LogP contribution in [-0.4, -0.2) is 24.1 Å². The summed E-state index contributed by atoms with van der Waals surface area (Å²) in [6.45, 7) is 3.21. The van der Waals surface area contributed by atoms with Crippen molar-refractivity contribution in [2.45, 2.75) is 19.8 Å². The van der Waals surface area contributed by atoms with Crippen LogP contribution >= 0.6 is 22.9 Å². The number of hydrogen-bond acceptors (Lipinski definition) is 5. The van der Waals surface area contributed by atoms with E-state index in [0.717, 1.165) is 22.7 Å². The van der Waals surface area contributed by atoms with Crippen molar-refractivity contribution in [2.75, 3.05) is 18.5 Å². The Morgan fingerprint density at radius 3 is 2.64 bits per heavy atom. The Morgan fingerprint density at radius 1 is 1.18 bits per heavy atom. The summed E-state index contributed by atoms with van der Waals surface area (Å²) < 4.78 is 11.3. The van der Waals surface area contributed by atoms with Gasteiger partial charge in [-0.3, -0.25) is 4.79 Å². The summed E-state index contributed by atoms with van der Waals surface area (Å²) in [5.41, 5.74) is 3.48. The predicted octanol–water partition coefficient (Wildman–Crippen LogP) is 5.11. The molecule has 0 radical (unpaired) electrons. The molecule has 0 fully saturated rings. The fraction of sp³-hybridized carbons (Fsp3) is 0.238. The van der Waals surface area contributed by atoms with Crippen molar-refractivity contribution in [1.82, 2.24) is 4.98 Å². The second kappa shape index (κ2) is 8.20. The van der Waals surface area contributed by atoms with Gasteiger partial charge in [-0.2, -0.15) is 0 Å². The molecule has 0 aliphatic carbocycles. The molecule has 7 heteroatoms. The molecule has 3 aromatic rings. The Balaban J connectivity index is 1.45. The maximum Gasteiger partial charge on any atom is 0.230 e. The number of thiazole rings is 1. The molecule has 144 valence electrons. The molecule has 28 heavy (non-hydrogen) atoms. The second-order valence-corrected chi connectivity index (χ2v) is 7.83. The van der Waals surface area contributed by atoms with Crippen molar-refractivity contribution in [3.63, 3.8) is 0 Å². The van der Waals surface area contributed by atoms with E-state index < -0.39 is 0 Å². The number of amides is 1. The van der Waals surface area contributed by atoms with Gasteiger partial charge in [-0.15, -0.1) is 11.3 Å². The van der Waals surface area contributed by atoms with Crippen molar-refractivity contribution in [3.05, 3.63) is 58.1 Å². The van der Waals surface area contributed by atoms with Crippen LogP contribution in [0, 0.1) is 6.92 Å². The van der Waals surface area contributed by atoms with E-state index in [4.69, 9.17) is 21.1 Å². The highest BCUT2D eigenvalue weighted by Crippen LogP contribution is 2.37. The number of halogens is 1. The van der Waals surface area contributed by atoms with Crippen LogP contribution in [0.2, 0.25) is 5.02 Å². The third kappa shape index (κ3) is 4.29. The highest BCUT2D eigenvalue weighted by molar-refractivity contribution is 7.13. The van der Waals surface area contributed by atoms with Crippen molar-refractivity contribution in [3.8, 4) is 22.1 Å². The van der Waals surface area contributed by atoms with E-state index in [1.165, 1.54) is 16.9 Å². The Kier molecular flexibility index (Phi) is 5.50. The molecular formula is C21H19ClN2O3S. The maximum atomic E-state index is 12.5. The number of carbonyl (C=O) groups is 1. The Labute approximate surface area is 172 Å². The summed E-state index contributed by atoms with van der Waals surface area (Å²) in [5, 5.41) is 6.06. The number of ether oxygens (including phenoxy) is 2. The summed E-state index contributed by atoms with van der Waals surface area (Å²) in [7, 11) is 0. The number of nitrogens with zero attached hydrogens (tertiary/aromatic N) is 1. The first-order chi connectivity index (χ1) is 13.6. The summed E-state index contributed by atoms with van der Waals surface area (Å²) in [5.74, 6) is 1.01. The van der Waals surface area contributed by atoms with E-state index in [1.54, 1.807) is 12.1 Å². The van der Waals surface area contributed by atoms with Crippen LogP contribution in [0.3, 0.4) is 0 Å². The van der Waals surface area contributed by atoms with E-state index in [2.05, 4.69) is 22.4 Å². The summed E-state index contributed by atoms with van der Waals surface area (Å²) >= 11 is 7.82. The third-order valence-electron chi connectivity index (χ3n) is 4.30. The molecule has 4 rings (SSSR count). The zero-order valence-corrected chi connectivity index (χ0v) is 16.9.